The monoisotopic (exact) mass is 1770 g/mol. The first-order chi connectivity index (χ1) is 57.9. The highest BCUT2D eigenvalue weighted by Crippen LogP contribution is 2.61. The molecule has 13 aromatic rings. The van der Waals surface area contributed by atoms with Gasteiger partial charge in [0.25, 0.3) is 5.56 Å². The molecule has 0 aliphatic rings. The van der Waals surface area contributed by atoms with Crippen molar-refractivity contribution >= 4 is 90.9 Å². The van der Waals surface area contributed by atoms with Gasteiger partial charge in [0.1, 0.15) is 34.8 Å². The zero-order valence-electron chi connectivity index (χ0n) is 72.1. The first-order valence-electron chi connectivity index (χ1n) is 38.5. The number of aromatic nitrogens is 11. The zero-order chi connectivity index (χ0) is 90.1. The number of carbonyl (C=O) groups excluding carboxylic acids is 2. The van der Waals surface area contributed by atoms with E-state index in [4.69, 9.17) is 81.0 Å². The number of anilines is 2. The van der Waals surface area contributed by atoms with Gasteiger partial charge < -0.3 is 59.4 Å². The minimum Gasteiger partial charge on any atom is -0.493 e. The molecule has 34 heteroatoms. The molecule has 7 N–H and O–H groups in total. The number of nitrogen functional groups attached to an aromatic ring is 1. The maximum absolute atomic E-state index is 13.3. The number of benzene rings is 6. The van der Waals surface area contributed by atoms with Crippen molar-refractivity contribution in [2.45, 2.75) is 127 Å². The fourth-order valence-electron chi connectivity index (χ4n) is 12.2. The van der Waals surface area contributed by atoms with Crippen LogP contribution in [0.2, 0.25) is 5.15 Å². The highest BCUT2D eigenvalue weighted by Gasteiger charge is 2.24. The number of rotatable bonds is 23. The van der Waals surface area contributed by atoms with Crippen LogP contribution in [-0.2, 0) is 32.0 Å². The van der Waals surface area contributed by atoms with Gasteiger partial charge in [-0.25, -0.2) is 32.8 Å². The lowest BCUT2D eigenvalue weighted by molar-refractivity contribution is -0.146. The summed E-state index contributed by atoms with van der Waals surface area (Å²) in [4.78, 5) is 48.4. The van der Waals surface area contributed by atoms with Gasteiger partial charge in [0.05, 0.1) is 80.6 Å². The van der Waals surface area contributed by atoms with Crippen molar-refractivity contribution in [3.8, 4) is 90.5 Å². The topological polar surface area (TPSA) is 338 Å². The summed E-state index contributed by atoms with van der Waals surface area (Å²) in [6.07, 6.45) is -0.0918. The molecule has 0 aliphatic heterocycles. The minimum absolute atomic E-state index is 0.0662. The number of ether oxygens (including phenoxy) is 9. The van der Waals surface area contributed by atoms with Gasteiger partial charge >= 0.3 is 11.2 Å². The number of Topliss-reactive ketones (excluding diaryl/α,β-unsaturated/α-hetero) is 1. The number of hydrogen-bond acceptors (Lipinski definition) is 22. The smallest absolute Gasteiger partial charge is 0.339 e. The Labute approximate surface area is 727 Å². The number of fused-ring (bicyclic) bond motifs is 3. The Morgan fingerprint density at radius 3 is 1.27 bits per heavy atom. The third kappa shape index (κ3) is 26.0. The Morgan fingerprint density at radius 2 is 0.885 bits per heavy atom. The standard InChI is InChI=1S/C25H27FN4O2.C18H20ClN3O2.C18H21N3O3.C12H15N3O2.C8H14O3.C7H8FN.Cl3OP/c1-15(2)20-13-23(27-14-17-6-9-19(26)10-7-17)30-25(28-20)24(16(3)29-30)18-8-11-21(31-4)22(12-18)32-5;1-10(2)13-9-16(19)22-18(20-13)17(11(3)21-22)12-6-7-14(23-4)15(8-12)24-5;1-10(2)13-9-16(22)21-18(19-13)17(11(3)20-21)12-6-7-14(23-4)15(8-12)24-5;1-7-11(12(13)15-14-7)8-4-5-9(16-2)10(6-8)17-3;1-4-11-8(10)5-7(9)6(2)3;8-7-3-1-6(5-9)2-4-7;1-5(2,3)4/h6-13,15,27H,14H2,1-5H3;6-10H,1-5H3;6-10,20H,1-5H3;4-6H,1-3H3,(H3,13,14,15);6H,4-5H2,1-3H3;1-4H,5,9H2;. The highest BCUT2D eigenvalue weighted by molar-refractivity contribution is 8.24. The third-order valence-corrected chi connectivity index (χ3v) is 18.9. The van der Waals surface area contributed by atoms with Crippen molar-refractivity contribution in [2.75, 3.05) is 74.5 Å². The largest absolute Gasteiger partial charge is 0.493 e. The van der Waals surface area contributed by atoms with Crippen LogP contribution in [-0.4, -0.2) is 129 Å². The van der Waals surface area contributed by atoms with Crippen LogP contribution >= 0.6 is 50.5 Å². The van der Waals surface area contributed by atoms with E-state index in [1.165, 1.54) is 28.8 Å². The molecular weight excluding hydrogens is 1670 g/mol. The fourth-order valence-corrected chi connectivity index (χ4v) is 12.4. The number of esters is 1. The first-order valence-corrected chi connectivity index (χ1v) is 43.3. The van der Waals surface area contributed by atoms with Crippen LogP contribution in [0.1, 0.15) is 137 Å². The average molecular weight is 1780 g/mol. The summed E-state index contributed by atoms with van der Waals surface area (Å²) in [6, 6.07) is 41.0. The second kappa shape index (κ2) is 45.4. The number of nitrogens with zero attached hydrogens (tertiary/aromatic N) is 9. The molecule has 0 saturated heterocycles. The summed E-state index contributed by atoms with van der Waals surface area (Å²) < 4.78 is 87.3. The van der Waals surface area contributed by atoms with Crippen molar-refractivity contribution in [3.63, 3.8) is 0 Å². The summed E-state index contributed by atoms with van der Waals surface area (Å²) in [5.41, 5.74) is 28.7. The van der Waals surface area contributed by atoms with Crippen LogP contribution < -0.4 is 60.2 Å². The van der Waals surface area contributed by atoms with E-state index in [-0.39, 0.29) is 53.1 Å². The quantitative estimate of drug-likeness (QED) is 0.0172. The molecule has 0 aliphatic carbocycles. The van der Waals surface area contributed by atoms with Crippen LogP contribution in [0, 0.1) is 45.2 Å². The molecule has 0 unspecified atom stereocenters. The van der Waals surface area contributed by atoms with Gasteiger partial charge in [-0.1, -0.05) is 116 Å². The van der Waals surface area contributed by atoms with E-state index in [2.05, 4.69) is 91.9 Å². The predicted octanol–water partition coefficient (Wildman–Crippen LogP) is 20.5. The SMILES string of the molecule is CCOC(=O)CC(=O)C(C)C.COc1ccc(-c2c(C)[nH]n3c(=O)cc(C(C)C)nc23)cc1OC.COc1ccc(-c2c(C)nn3c(Cl)cc(C(C)C)nc23)cc1OC.COc1ccc(-c2c(C)nn3c(NCc4ccc(F)cc4)cc(C(C)C)nc23)cc1OC.COc1ccc(-c2c(N)n[nH]c2C)cc1OC.NCc1ccc(F)cc1.O=P(Cl)(Cl)Cl. The Hall–Kier alpha value is -11.5. The molecule has 6 aromatic carbocycles. The molecule has 7 heterocycles. The molecule has 0 amide bonds. The van der Waals surface area contributed by atoms with Gasteiger partial charge in [0, 0.05) is 76.2 Å². The number of halogens is 6. The number of aryl methyl sites for hydroxylation is 4. The van der Waals surface area contributed by atoms with Crippen LogP contribution in [0.4, 0.5) is 20.4 Å². The van der Waals surface area contributed by atoms with Gasteiger partial charge in [-0.2, -0.15) is 19.8 Å². The van der Waals surface area contributed by atoms with E-state index >= 15 is 0 Å². The van der Waals surface area contributed by atoms with E-state index in [9.17, 15) is 27.7 Å². The van der Waals surface area contributed by atoms with E-state index in [1.54, 1.807) is 112 Å². The van der Waals surface area contributed by atoms with Gasteiger partial charge in [0.15, 0.2) is 68.8 Å². The van der Waals surface area contributed by atoms with Crippen molar-refractivity contribution < 1.29 is 65.6 Å². The Morgan fingerprint density at radius 1 is 0.508 bits per heavy atom. The van der Waals surface area contributed by atoms with Crippen molar-refractivity contribution in [2.24, 2.45) is 11.7 Å². The molecule has 13 rings (SSSR count). The zero-order valence-corrected chi connectivity index (χ0v) is 76.0. The summed E-state index contributed by atoms with van der Waals surface area (Å²) >= 11 is 20.3. The van der Waals surface area contributed by atoms with E-state index in [1.807, 2.05) is 131 Å². The lowest BCUT2D eigenvalue weighted by Gasteiger charge is -2.13. The predicted molar refractivity (Wildman–Crippen MR) is 479 cm³/mol. The molecule has 652 valence electrons. The second-order valence-electron chi connectivity index (χ2n) is 28.4. The number of hydrogen-bond donors (Lipinski definition) is 5. The summed E-state index contributed by atoms with van der Waals surface area (Å²) in [5, 5.41) is 20.0. The number of methoxy groups -OCH3 is 8. The lowest BCUT2D eigenvalue weighted by Crippen LogP contribution is -2.16. The Kier molecular flexibility index (Phi) is 36.4. The van der Waals surface area contributed by atoms with E-state index < -0.39 is 11.2 Å². The van der Waals surface area contributed by atoms with Gasteiger partial charge in [-0.15, -0.1) is 0 Å². The molecule has 0 saturated carbocycles. The molecular formula is C88H105Cl4F2N14O13P. The molecule has 0 radical (unpaired) electrons. The second-order valence-corrected chi connectivity index (χ2v) is 35.4. The molecule has 27 nitrogen and oxygen atoms in total. The van der Waals surface area contributed by atoms with Crippen LogP contribution in [0.5, 0.6) is 46.0 Å². The van der Waals surface area contributed by atoms with Crippen molar-refractivity contribution in [1.82, 2.24) is 54.0 Å². The number of nitrogens with two attached hydrogens (primary N) is 2. The molecule has 122 heavy (non-hydrogen) atoms. The molecule has 0 spiro atoms. The normalized spacial score (nSPS) is 10.9. The fraction of sp³-hybridized carbons (Fsp3) is 0.330. The molecule has 0 bridgehead atoms. The number of carbonyl (C=O) groups is 2. The Bertz CT molecular complexity index is 5790. The van der Waals surface area contributed by atoms with Crippen molar-refractivity contribution in [1.29, 1.82) is 0 Å². The summed E-state index contributed by atoms with van der Waals surface area (Å²) in [5.74, 6) is 6.30. The van der Waals surface area contributed by atoms with Gasteiger partial charge in [0.2, 0.25) is 0 Å². The maximum Gasteiger partial charge on any atom is 0.339 e. The Balaban J connectivity index is 0.000000207. The lowest BCUT2D eigenvalue weighted by atomic mass is 10.0. The van der Waals surface area contributed by atoms with Crippen LogP contribution in [0.3, 0.4) is 0 Å². The van der Waals surface area contributed by atoms with Crippen molar-refractivity contribution in [3.05, 3.63) is 218 Å². The molecule has 0 fully saturated rings. The number of ketones is 1. The van der Waals surface area contributed by atoms with E-state index in [0.717, 1.165) is 113 Å². The minimum atomic E-state index is -3.22. The average Bonchev–Trinajstić information content (AvgIpc) is 1.62. The van der Waals surface area contributed by atoms with E-state index in [0.29, 0.717) is 82.3 Å². The third-order valence-electron chi connectivity index (χ3n) is 18.6. The number of aromatic amines is 2. The van der Waals surface area contributed by atoms with Crippen LogP contribution in [0.15, 0.2) is 144 Å². The molecule has 0 atom stereocenters. The van der Waals surface area contributed by atoms with Crippen LogP contribution in [0.25, 0.3) is 61.4 Å². The highest BCUT2D eigenvalue weighted by atomic mass is 36.0. The summed E-state index contributed by atoms with van der Waals surface area (Å²) in [7, 11) is 12.9. The van der Waals surface area contributed by atoms with Gasteiger partial charge in [-0.3, -0.25) is 29.1 Å². The van der Waals surface area contributed by atoms with Gasteiger partial charge in [-0.05, 0) is 198 Å². The number of nitrogens with one attached hydrogen (secondary N) is 3. The maximum atomic E-state index is 13.3. The first kappa shape index (κ1) is 97.7. The molecule has 7 aromatic heterocycles. The summed E-state index contributed by atoms with van der Waals surface area (Å²) in [6.45, 7) is 26.8. The number of H-pyrrole nitrogens is 2.